The Bertz CT molecular complexity index is 2490. The molecule has 0 aliphatic heterocycles. The topological polar surface area (TPSA) is 8.17 Å². The highest BCUT2D eigenvalue weighted by atomic mass is 15.1. The van der Waals surface area contributed by atoms with Crippen molar-refractivity contribution in [3.05, 3.63) is 206 Å². The van der Waals surface area contributed by atoms with E-state index in [1.807, 2.05) is 0 Å². The van der Waals surface area contributed by atoms with Gasteiger partial charge in [-0.15, -0.1) is 0 Å². The second-order valence-electron chi connectivity index (χ2n) is 12.6. The number of benzene rings is 8. The molecule has 0 fully saturated rings. The highest BCUT2D eigenvalue weighted by Crippen LogP contribution is 2.39. The van der Waals surface area contributed by atoms with Crippen LogP contribution in [0.4, 0.5) is 17.1 Å². The Morgan fingerprint density at radius 2 is 0.660 bits per heavy atom. The summed E-state index contributed by atoms with van der Waals surface area (Å²) in [5.74, 6) is 0. The molecule has 9 aromatic rings. The van der Waals surface area contributed by atoms with Gasteiger partial charge in [-0.2, -0.15) is 0 Å². The molecule has 0 radical (unpaired) electrons. The molecule has 1 heterocycles. The molecule has 0 atom stereocenters. The molecule has 236 valence electrons. The SMILES string of the molecule is c1ccc(-c2ccc(-c3ccc(N(c4ccc(-c5ccccc5)cc4)c4cccc(-n5c6ccccc6c6ccccc65)c4)cc3)cc2)cc1. The molecule has 2 nitrogen and oxygen atoms in total. The first-order valence-electron chi connectivity index (χ1n) is 17.1. The molecule has 0 N–H and O–H groups in total. The summed E-state index contributed by atoms with van der Waals surface area (Å²) in [6.45, 7) is 0. The quantitative estimate of drug-likeness (QED) is 0.169. The maximum Gasteiger partial charge on any atom is 0.0541 e. The summed E-state index contributed by atoms with van der Waals surface area (Å²) in [6.07, 6.45) is 0. The average molecular weight is 639 g/mol. The first kappa shape index (κ1) is 29.5. The van der Waals surface area contributed by atoms with Gasteiger partial charge in [-0.3, -0.25) is 0 Å². The number of fused-ring (bicyclic) bond motifs is 3. The molecule has 0 spiro atoms. The lowest BCUT2D eigenvalue weighted by Gasteiger charge is -2.26. The van der Waals surface area contributed by atoms with E-state index in [-0.39, 0.29) is 0 Å². The van der Waals surface area contributed by atoms with Gasteiger partial charge in [0.15, 0.2) is 0 Å². The fourth-order valence-electron chi connectivity index (χ4n) is 7.14. The van der Waals surface area contributed by atoms with Crippen molar-refractivity contribution in [2.75, 3.05) is 4.90 Å². The van der Waals surface area contributed by atoms with Crippen LogP contribution in [0.25, 0.3) is 60.9 Å². The highest BCUT2D eigenvalue weighted by Gasteiger charge is 2.17. The zero-order valence-electron chi connectivity index (χ0n) is 27.5. The molecule has 0 bridgehead atoms. The lowest BCUT2D eigenvalue weighted by molar-refractivity contribution is 1.17. The van der Waals surface area contributed by atoms with E-state index in [0.29, 0.717) is 0 Å². The minimum atomic E-state index is 1.09. The maximum atomic E-state index is 2.38. The predicted octanol–water partition coefficient (Wildman–Crippen LogP) is 13.3. The number of rotatable bonds is 7. The van der Waals surface area contributed by atoms with Crippen molar-refractivity contribution >= 4 is 38.9 Å². The van der Waals surface area contributed by atoms with Gasteiger partial charge in [0.25, 0.3) is 0 Å². The van der Waals surface area contributed by atoms with Gasteiger partial charge in [-0.25, -0.2) is 0 Å². The molecule has 8 aromatic carbocycles. The van der Waals surface area contributed by atoms with Crippen LogP contribution in [0.15, 0.2) is 206 Å². The summed E-state index contributed by atoms with van der Waals surface area (Å²) in [4.78, 5) is 2.36. The first-order chi connectivity index (χ1) is 24.8. The van der Waals surface area contributed by atoms with Gasteiger partial charge >= 0.3 is 0 Å². The largest absolute Gasteiger partial charge is 0.310 e. The smallest absolute Gasteiger partial charge is 0.0541 e. The van der Waals surface area contributed by atoms with E-state index in [1.54, 1.807) is 0 Å². The van der Waals surface area contributed by atoms with E-state index >= 15 is 0 Å². The normalized spacial score (nSPS) is 11.2. The van der Waals surface area contributed by atoms with Crippen LogP contribution in [0.3, 0.4) is 0 Å². The van der Waals surface area contributed by atoms with Gasteiger partial charge in [-0.05, 0) is 88.0 Å². The van der Waals surface area contributed by atoms with Crippen LogP contribution in [0.2, 0.25) is 0 Å². The molecule has 0 amide bonds. The third kappa shape index (κ3) is 5.43. The summed E-state index contributed by atoms with van der Waals surface area (Å²) in [5.41, 5.74) is 14.1. The van der Waals surface area contributed by atoms with Crippen LogP contribution >= 0.6 is 0 Å². The van der Waals surface area contributed by atoms with E-state index in [0.717, 1.165) is 22.7 Å². The van der Waals surface area contributed by atoms with Crippen molar-refractivity contribution in [2.24, 2.45) is 0 Å². The lowest BCUT2D eigenvalue weighted by Crippen LogP contribution is -2.10. The van der Waals surface area contributed by atoms with Crippen LogP contribution in [0.1, 0.15) is 0 Å². The standard InChI is InChI=1S/C48H34N2/c1-3-12-35(13-4-1)37-22-24-38(25-23-37)40-28-32-42(33-29-40)49(41-30-26-39(27-31-41)36-14-5-2-6-15-36)43-16-11-17-44(34-43)50-47-20-9-7-18-45(47)46-19-8-10-21-48(46)50/h1-34H. The van der Waals surface area contributed by atoms with E-state index in [9.17, 15) is 0 Å². The molecular formula is C48H34N2. The lowest BCUT2D eigenvalue weighted by atomic mass is 10.00. The Morgan fingerprint density at radius 1 is 0.280 bits per heavy atom. The molecule has 2 heteroatoms. The van der Waals surface area contributed by atoms with E-state index in [1.165, 1.54) is 55.2 Å². The summed E-state index contributed by atoms with van der Waals surface area (Å²) in [5, 5.41) is 2.52. The van der Waals surface area contributed by atoms with Crippen LogP contribution < -0.4 is 4.90 Å². The van der Waals surface area contributed by atoms with Crippen LogP contribution in [0.5, 0.6) is 0 Å². The van der Waals surface area contributed by atoms with Crippen LogP contribution in [0, 0.1) is 0 Å². The minimum Gasteiger partial charge on any atom is -0.310 e. The Kier molecular flexibility index (Phi) is 7.53. The van der Waals surface area contributed by atoms with E-state index in [2.05, 4.69) is 216 Å². The molecule has 9 rings (SSSR count). The highest BCUT2D eigenvalue weighted by molar-refractivity contribution is 6.09. The Morgan fingerprint density at radius 3 is 1.12 bits per heavy atom. The number of nitrogens with zero attached hydrogens (tertiary/aromatic N) is 2. The molecule has 0 aliphatic rings. The summed E-state index contributed by atoms with van der Waals surface area (Å²) >= 11 is 0. The second kappa shape index (κ2) is 12.8. The van der Waals surface area contributed by atoms with Crippen molar-refractivity contribution in [3.63, 3.8) is 0 Å². The van der Waals surface area contributed by atoms with Gasteiger partial charge in [0.1, 0.15) is 0 Å². The maximum absolute atomic E-state index is 2.38. The molecule has 1 aromatic heterocycles. The molecule has 50 heavy (non-hydrogen) atoms. The number of para-hydroxylation sites is 2. The van der Waals surface area contributed by atoms with Crippen molar-refractivity contribution < 1.29 is 0 Å². The van der Waals surface area contributed by atoms with Crippen LogP contribution in [-0.2, 0) is 0 Å². The third-order valence-corrected chi connectivity index (χ3v) is 9.61. The Hall–Kier alpha value is -6.64. The first-order valence-corrected chi connectivity index (χ1v) is 17.1. The number of anilines is 3. The average Bonchev–Trinajstić information content (AvgIpc) is 3.54. The summed E-state index contributed by atoms with van der Waals surface area (Å²) < 4.78 is 2.38. The van der Waals surface area contributed by atoms with Gasteiger partial charge in [0, 0.05) is 33.5 Å². The molecular weight excluding hydrogens is 605 g/mol. The van der Waals surface area contributed by atoms with Gasteiger partial charge in [0.05, 0.1) is 11.0 Å². The number of hydrogen-bond acceptors (Lipinski definition) is 1. The number of aromatic nitrogens is 1. The van der Waals surface area contributed by atoms with Crippen molar-refractivity contribution in [3.8, 4) is 39.1 Å². The van der Waals surface area contributed by atoms with Gasteiger partial charge in [0.2, 0.25) is 0 Å². The monoisotopic (exact) mass is 638 g/mol. The molecule has 0 saturated carbocycles. The molecule has 0 saturated heterocycles. The van der Waals surface area contributed by atoms with Crippen molar-refractivity contribution in [2.45, 2.75) is 0 Å². The zero-order valence-corrected chi connectivity index (χ0v) is 27.5. The van der Waals surface area contributed by atoms with Crippen molar-refractivity contribution in [1.82, 2.24) is 4.57 Å². The van der Waals surface area contributed by atoms with Crippen LogP contribution in [-0.4, -0.2) is 4.57 Å². The summed E-state index contributed by atoms with van der Waals surface area (Å²) in [7, 11) is 0. The third-order valence-electron chi connectivity index (χ3n) is 9.61. The predicted molar refractivity (Wildman–Crippen MR) is 212 cm³/mol. The van der Waals surface area contributed by atoms with Crippen molar-refractivity contribution in [1.29, 1.82) is 0 Å². The molecule has 0 aliphatic carbocycles. The van der Waals surface area contributed by atoms with E-state index < -0.39 is 0 Å². The fourth-order valence-corrected chi connectivity index (χ4v) is 7.14. The summed E-state index contributed by atoms with van der Waals surface area (Å²) in [6, 6.07) is 74.0. The van der Waals surface area contributed by atoms with Gasteiger partial charge < -0.3 is 9.47 Å². The molecule has 0 unspecified atom stereocenters. The second-order valence-corrected chi connectivity index (χ2v) is 12.6. The Balaban J connectivity index is 1.13. The minimum absolute atomic E-state index is 1.09. The zero-order chi connectivity index (χ0) is 33.3. The van der Waals surface area contributed by atoms with Gasteiger partial charge in [-0.1, -0.05) is 152 Å². The number of hydrogen-bond donors (Lipinski definition) is 0. The Labute approximate surface area is 292 Å². The van der Waals surface area contributed by atoms with E-state index in [4.69, 9.17) is 0 Å². The fraction of sp³-hybridized carbons (Fsp3) is 0.